The lowest BCUT2D eigenvalue weighted by Crippen LogP contribution is -2.14. The van der Waals surface area contributed by atoms with Crippen LogP contribution in [0.2, 0.25) is 0 Å². The molecule has 0 unspecified atom stereocenters. The van der Waals surface area contributed by atoms with Crippen LogP contribution in [0.4, 0.5) is 0 Å². The molecule has 2 aromatic heterocycles. The average molecular weight is 341 g/mol. The molecule has 24 heavy (non-hydrogen) atoms. The number of rotatable bonds is 4. The molecule has 0 radical (unpaired) electrons. The predicted molar refractivity (Wildman–Crippen MR) is 94.5 cm³/mol. The highest BCUT2D eigenvalue weighted by atomic mass is 32.1. The number of thiophene rings is 1. The largest absolute Gasteiger partial charge is 0.440 e. The number of esters is 1. The summed E-state index contributed by atoms with van der Waals surface area (Å²) in [5, 5.41) is 1.96. The zero-order valence-corrected chi connectivity index (χ0v) is 15.0. The second-order valence-corrected chi connectivity index (χ2v) is 6.75. The number of aromatic nitrogens is 1. The first-order valence-corrected chi connectivity index (χ1v) is 8.61. The van der Waals surface area contributed by atoms with Crippen molar-refractivity contribution in [2.75, 3.05) is 0 Å². The van der Waals surface area contributed by atoms with Crippen molar-refractivity contribution < 1.29 is 13.9 Å². The highest BCUT2D eigenvalue weighted by Gasteiger charge is 2.18. The molecule has 4 nitrogen and oxygen atoms in total. The summed E-state index contributed by atoms with van der Waals surface area (Å²) in [6.07, 6.45) is 0.0908. The van der Waals surface area contributed by atoms with E-state index in [9.17, 15) is 4.79 Å². The van der Waals surface area contributed by atoms with Crippen LogP contribution >= 0.6 is 11.3 Å². The minimum absolute atomic E-state index is 0.0908. The first-order chi connectivity index (χ1) is 11.5. The van der Waals surface area contributed by atoms with Gasteiger partial charge in [0.2, 0.25) is 5.89 Å². The second kappa shape index (κ2) is 6.61. The Labute approximate surface area is 145 Å². The molecule has 0 atom stereocenters. The lowest BCUT2D eigenvalue weighted by molar-refractivity contribution is -0.133. The molecule has 3 rings (SSSR count). The molecule has 1 aromatic carbocycles. The van der Waals surface area contributed by atoms with Gasteiger partial charge in [-0.15, -0.1) is 11.3 Å². The SMILES string of the molecule is Cc1ccc(C)c(OC(=O)Cc2nc(-c3cccs3)oc2C)c1C. The summed E-state index contributed by atoms with van der Waals surface area (Å²) in [7, 11) is 0. The Balaban J connectivity index is 1.78. The lowest BCUT2D eigenvalue weighted by atomic mass is 10.1. The van der Waals surface area contributed by atoms with Crippen LogP contribution in [0.25, 0.3) is 10.8 Å². The molecule has 0 spiro atoms. The molecule has 0 amide bonds. The van der Waals surface area contributed by atoms with Crippen LogP contribution in [-0.2, 0) is 11.2 Å². The van der Waals surface area contributed by atoms with Gasteiger partial charge in [-0.1, -0.05) is 18.2 Å². The Kier molecular flexibility index (Phi) is 4.53. The third-order valence-corrected chi connectivity index (χ3v) is 4.88. The number of hydrogen-bond donors (Lipinski definition) is 0. The van der Waals surface area contributed by atoms with Gasteiger partial charge >= 0.3 is 5.97 Å². The molecule has 0 bridgehead atoms. The van der Waals surface area contributed by atoms with Gasteiger partial charge in [0.1, 0.15) is 11.5 Å². The number of aryl methyl sites for hydroxylation is 3. The van der Waals surface area contributed by atoms with Crippen LogP contribution in [-0.4, -0.2) is 11.0 Å². The number of carbonyl (C=O) groups excluding carboxylic acids is 1. The van der Waals surface area contributed by atoms with E-state index >= 15 is 0 Å². The van der Waals surface area contributed by atoms with Crippen molar-refractivity contribution in [1.29, 1.82) is 0 Å². The van der Waals surface area contributed by atoms with Crippen LogP contribution < -0.4 is 4.74 Å². The molecule has 0 aliphatic rings. The molecule has 0 saturated carbocycles. The normalized spacial score (nSPS) is 10.8. The molecule has 0 fully saturated rings. The third kappa shape index (κ3) is 3.26. The number of carbonyl (C=O) groups is 1. The first-order valence-electron chi connectivity index (χ1n) is 7.73. The van der Waals surface area contributed by atoms with E-state index in [1.54, 1.807) is 11.3 Å². The topological polar surface area (TPSA) is 52.3 Å². The van der Waals surface area contributed by atoms with Gasteiger partial charge < -0.3 is 9.15 Å². The second-order valence-electron chi connectivity index (χ2n) is 5.80. The Hall–Kier alpha value is -2.40. The van der Waals surface area contributed by atoms with Crippen LogP contribution in [0.15, 0.2) is 34.1 Å². The number of ether oxygens (including phenoxy) is 1. The van der Waals surface area contributed by atoms with E-state index in [0.29, 0.717) is 23.1 Å². The molecule has 0 aliphatic carbocycles. The van der Waals surface area contributed by atoms with Crippen molar-refractivity contribution in [3.8, 4) is 16.5 Å². The Morgan fingerprint density at radius 2 is 1.92 bits per heavy atom. The molecule has 3 aromatic rings. The summed E-state index contributed by atoms with van der Waals surface area (Å²) < 4.78 is 11.3. The van der Waals surface area contributed by atoms with E-state index in [2.05, 4.69) is 4.98 Å². The summed E-state index contributed by atoms with van der Waals surface area (Å²) in [5.74, 6) is 1.50. The molecule has 0 N–H and O–H groups in total. The van der Waals surface area contributed by atoms with Gasteiger partial charge in [0.05, 0.1) is 17.0 Å². The summed E-state index contributed by atoms with van der Waals surface area (Å²) in [5.41, 5.74) is 3.65. The molecular formula is C19H19NO3S. The van der Waals surface area contributed by atoms with Gasteiger partial charge in [0.15, 0.2) is 0 Å². The zero-order valence-electron chi connectivity index (χ0n) is 14.2. The first kappa shape index (κ1) is 16.5. The number of hydrogen-bond acceptors (Lipinski definition) is 5. The van der Waals surface area contributed by atoms with Crippen molar-refractivity contribution in [3.05, 3.63) is 57.8 Å². The number of nitrogens with zero attached hydrogens (tertiary/aromatic N) is 1. The monoisotopic (exact) mass is 341 g/mol. The Morgan fingerprint density at radius 1 is 1.17 bits per heavy atom. The molecule has 0 aliphatic heterocycles. The summed E-state index contributed by atoms with van der Waals surface area (Å²) in [6.45, 7) is 7.71. The highest BCUT2D eigenvalue weighted by molar-refractivity contribution is 7.13. The highest BCUT2D eigenvalue weighted by Crippen LogP contribution is 2.28. The Morgan fingerprint density at radius 3 is 2.62 bits per heavy atom. The molecule has 2 heterocycles. The van der Waals surface area contributed by atoms with Crippen LogP contribution in [0.1, 0.15) is 28.1 Å². The van der Waals surface area contributed by atoms with Crippen molar-refractivity contribution in [2.45, 2.75) is 34.1 Å². The van der Waals surface area contributed by atoms with Crippen LogP contribution in [0, 0.1) is 27.7 Å². The summed E-state index contributed by atoms with van der Waals surface area (Å²) >= 11 is 1.55. The van der Waals surface area contributed by atoms with Crippen molar-refractivity contribution in [3.63, 3.8) is 0 Å². The molecule has 124 valence electrons. The van der Waals surface area contributed by atoms with Crippen molar-refractivity contribution in [2.24, 2.45) is 0 Å². The number of oxazole rings is 1. The molecule has 5 heteroatoms. The van der Waals surface area contributed by atoms with Gasteiger partial charge in [-0.05, 0) is 55.8 Å². The van der Waals surface area contributed by atoms with Crippen molar-refractivity contribution in [1.82, 2.24) is 4.98 Å². The van der Waals surface area contributed by atoms with E-state index in [-0.39, 0.29) is 12.4 Å². The molecular weight excluding hydrogens is 322 g/mol. The lowest BCUT2D eigenvalue weighted by Gasteiger charge is -2.12. The Bertz CT molecular complexity index is 878. The fourth-order valence-corrected chi connectivity index (χ4v) is 3.12. The van der Waals surface area contributed by atoms with Crippen LogP contribution in [0.3, 0.4) is 0 Å². The van der Waals surface area contributed by atoms with E-state index in [1.165, 1.54) is 0 Å². The standard InChI is InChI=1S/C19H19NO3S/c1-11-7-8-12(2)18(13(11)3)23-17(21)10-15-14(4)22-19(20-15)16-6-5-9-24-16/h5-9H,10H2,1-4H3. The fourth-order valence-electron chi connectivity index (χ4n) is 2.47. The van der Waals surface area contributed by atoms with E-state index in [1.807, 2.05) is 57.3 Å². The number of benzene rings is 1. The fraction of sp³-hybridized carbons (Fsp3) is 0.263. The molecule has 0 saturated heterocycles. The van der Waals surface area contributed by atoms with Crippen molar-refractivity contribution >= 4 is 17.3 Å². The minimum Gasteiger partial charge on any atom is -0.440 e. The van der Waals surface area contributed by atoms with Gasteiger partial charge in [-0.3, -0.25) is 4.79 Å². The quantitative estimate of drug-likeness (QED) is 0.506. The predicted octanol–water partition coefficient (Wildman–Crippen LogP) is 4.78. The maximum atomic E-state index is 12.3. The smallest absolute Gasteiger partial charge is 0.317 e. The minimum atomic E-state index is -0.332. The van der Waals surface area contributed by atoms with E-state index < -0.39 is 0 Å². The van der Waals surface area contributed by atoms with Gasteiger partial charge in [0, 0.05) is 0 Å². The van der Waals surface area contributed by atoms with Gasteiger partial charge in [-0.2, -0.15) is 0 Å². The maximum absolute atomic E-state index is 12.3. The van der Waals surface area contributed by atoms with Crippen LogP contribution in [0.5, 0.6) is 5.75 Å². The maximum Gasteiger partial charge on any atom is 0.317 e. The summed E-state index contributed by atoms with van der Waals surface area (Å²) in [4.78, 5) is 17.7. The third-order valence-electron chi connectivity index (χ3n) is 4.03. The zero-order chi connectivity index (χ0) is 17.3. The summed E-state index contributed by atoms with van der Waals surface area (Å²) in [6, 6.07) is 7.87. The average Bonchev–Trinajstić information content (AvgIpc) is 3.18. The van der Waals surface area contributed by atoms with E-state index in [4.69, 9.17) is 9.15 Å². The van der Waals surface area contributed by atoms with Gasteiger partial charge in [-0.25, -0.2) is 4.98 Å². The van der Waals surface area contributed by atoms with Gasteiger partial charge in [0.25, 0.3) is 0 Å². The van der Waals surface area contributed by atoms with E-state index in [0.717, 1.165) is 21.6 Å².